The van der Waals surface area contributed by atoms with Gasteiger partial charge in [-0.1, -0.05) is 6.92 Å². The van der Waals surface area contributed by atoms with Crippen molar-refractivity contribution in [3.63, 3.8) is 0 Å². The van der Waals surface area contributed by atoms with Crippen LogP contribution in [-0.2, 0) is 0 Å². The van der Waals surface area contributed by atoms with Gasteiger partial charge in [-0.2, -0.15) is 0 Å². The van der Waals surface area contributed by atoms with E-state index in [1.807, 2.05) is 18.7 Å². The van der Waals surface area contributed by atoms with Crippen LogP contribution in [0.25, 0.3) is 0 Å². The Labute approximate surface area is 105 Å². The van der Waals surface area contributed by atoms with Gasteiger partial charge < -0.3 is 10.6 Å². The highest BCUT2D eigenvalue weighted by atomic mass is 19.1. The molecule has 5 heteroatoms. The molecule has 0 aliphatic carbocycles. The molecule has 0 amide bonds. The number of benzene rings is 1. The zero-order valence-corrected chi connectivity index (χ0v) is 10.5. The lowest BCUT2D eigenvalue weighted by molar-refractivity contribution is 0.263. The summed E-state index contributed by atoms with van der Waals surface area (Å²) < 4.78 is 27.1. The minimum Gasteiger partial charge on any atom is -0.370 e. The molecule has 1 heterocycles. The summed E-state index contributed by atoms with van der Waals surface area (Å²) in [5.74, 6) is -0.460. The van der Waals surface area contributed by atoms with Gasteiger partial charge >= 0.3 is 0 Å². The molecule has 0 spiro atoms. The quantitative estimate of drug-likeness (QED) is 0.899. The number of nitrogens with zero attached hydrogens (tertiary/aromatic N) is 2. The molecule has 2 N–H and O–H groups in total. The molecule has 98 valence electrons. The van der Waals surface area contributed by atoms with E-state index in [0.717, 1.165) is 18.6 Å². The molecule has 1 aromatic carbocycles. The zero-order chi connectivity index (χ0) is 13.3. The van der Waals surface area contributed by atoms with Crippen LogP contribution in [0.5, 0.6) is 0 Å². The van der Waals surface area contributed by atoms with Crippen molar-refractivity contribution in [1.82, 2.24) is 4.90 Å². The van der Waals surface area contributed by atoms with Crippen molar-refractivity contribution in [1.29, 1.82) is 0 Å². The van der Waals surface area contributed by atoms with E-state index in [9.17, 15) is 8.78 Å². The summed E-state index contributed by atoms with van der Waals surface area (Å²) >= 11 is 0. The standard InChI is InChI=1S/C13H17F2N3/c1-3-8(2)18-12(7-17-13(18)16)10-6-9(14)4-5-11(10)15/h4-6,8,12H,3,7H2,1-2H3,(H2,16,17). The zero-order valence-electron chi connectivity index (χ0n) is 10.5. The lowest BCUT2D eigenvalue weighted by atomic mass is 10.0. The van der Waals surface area contributed by atoms with Crippen molar-refractivity contribution in [3.05, 3.63) is 35.4 Å². The van der Waals surface area contributed by atoms with Crippen molar-refractivity contribution in [3.8, 4) is 0 Å². The molecule has 2 atom stereocenters. The largest absolute Gasteiger partial charge is 0.370 e. The Morgan fingerprint density at radius 2 is 2.22 bits per heavy atom. The average Bonchev–Trinajstić information content (AvgIpc) is 2.73. The number of guanidine groups is 1. The third kappa shape index (κ3) is 2.17. The second kappa shape index (κ2) is 4.92. The highest BCUT2D eigenvalue weighted by Gasteiger charge is 2.32. The molecule has 1 aliphatic rings. The minimum absolute atomic E-state index is 0.143. The van der Waals surface area contributed by atoms with Crippen LogP contribution in [0.3, 0.4) is 0 Å². The number of rotatable bonds is 3. The summed E-state index contributed by atoms with van der Waals surface area (Å²) in [6.07, 6.45) is 0.865. The van der Waals surface area contributed by atoms with Crippen LogP contribution in [0.2, 0.25) is 0 Å². The van der Waals surface area contributed by atoms with Crippen LogP contribution in [0.15, 0.2) is 23.2 Å². The predicted molar refractivity (Wildman–Crippen MR) is 67.2 cm³/mol. The van der Waals surface area contributed by atoms with Crippen LogP contribution in [0.4, 0.5) is 8.78 Å². The van der Waals surface area contributed by atoms with Gasteiger partial charge in [0.2, 0.25) is 0 Å². The third-order valence-electron chi connectivity index (χ3n) is 3.41. The monoisotopic (exact) mass is 253 g/mol. The van der Waals surface area contributed by atoms with Crippen molar-refractivity contribution in [2.45, 2.75) is 32.4 Å². The molecule has 0 radical (unpaired) electrons. The van der Waals surface area contributed by atoms with Gasteiger partial charge in [0.15, 0.2) is 5.96 Å². The maximum Gasteiger partial charge on any atom is 0.192 e. The van der Waals surface area contributed by atoms with Gasteiger partial charge in [-0.3, -0.25) is 4.99 Å². The van der Waals surface area contributed by atoms with Gasteiger partial charge in [0, 0.05) is 11.6 Å². The molecule has 3 nitrogen and oxygen atoms in total. The number of hydrogen-bond donors (Lipinski definition) is 1. The Bertz CT molecular complexity index is 473. The molecule has 0 fully saturated rings. The van der Waals surface area contributed by atoms with Crippen LogP contribution in [0, 0.1) is 11.6 Å². The molecule has 2 unspecified atom stereocenters. The summed E-state index contributed by atoms with van der Waals surface area (Å²) in [6.45, 7) is 4.39. The van der Waals surface area contributed by atoms with Gasteiger partial charge in [0.1, 0.15) is 11.6 Å². The van der Waals surface area contributed by atoms with E-state index < -0.39 is 11.6 Å². The Hall–Kier alpha value is -1.65. The minimum atomic E-state index is -0.444. The van der Waals surface area contributed by atoms with Crippen molar-refractivity contribution in [2.24, 2.45) is 10.7 Å². The van der Waals surface area contributed by atoms with Crippen LogP contribution in [0.1, 0.15) is 31.9 Å². The molecule has 0 saturated heterocycles. The number of nitrogens with two attached hydrogens (primary N) is 1. The Kier molecular flexibility index (Phi) is 3.50. The first-order valence-electron chi connectivity index (χ1n) is 6.07. The molecule has 18 heavy (non-hydrogen) atoms. The van der Waals surface area contributed by atoms with Crippen LogP contribution >= 0.6 is 0 Å². The number of hydrogen-bond acceptors (Lipinski definition) is 3. The first-order valence-corrected chi connectivity index (χ1v) is 6.07. The van der Waals surface area contributed by atoms with E-state index in [2.05, 4.69) is 4.99 Å². The van der Waals surface area contributed by atoms with E-state index in [0.29, 0.717) is 18.1 Å². The summed E-state index contributed by atoms with van der Waals surface area (Å²) in [5, 5.41) is 0. The number of halogens is 2. The second-order valence-corrected chi connectivity index (χ2v) is 4.55. The Morgan fingerprint density at radius 1 is 1.50 bits per heavy atom. The Morgan fingerprint density at radius 3 is 2.89 bits per heavy atom. The Balaban J connectivity index is 2.36. The van der Waals surface area contributed by atoms with E-state index in [1.165, 1.54) is 6.07 Å². The topological polar surface area (TPSA) is 41.6 Å². The third-order valence-corrected chi connectivity index (χ3v) is 3.41. The van der Waals surface area contributed by atoms with E-state index >= 15 is 0 Å². The lowest BCUT2D eigenvalue weighted by Gasteiger charge is -2.32. The van der Waals surface area contributed by atoms with Crippen molar-refractivity contribution < 1.29 is 8.78 Å². The van der Waals surface area contributed by atoms with Gasteiger partial charge in [0.05, 0.1) is 12.6 Å². The van der Waals surface area contributed by atoms with Crippen LogP contribution in [-0.4, -0.2) is 23.4 Å². The van der Waals surface area contributed by atoms with Gasteiger partial charge in [-0.05, 0) is 31.5 Å². The van der Waals surface area contributed by atoms with Gasteiger partial charge in [0.25, 0.3) is 0 Å². The molecule has 0 saturated carbocycles. The summed E-state index contributed by atoms with van der Waals surface area (Å²) in [6, 6.07) is 3.32. The highest BCUT2D eigenvalue weighted by Crippen LogP contribution is 2.30. The second-order valence-electron chi connectivity index (χ2n) is 4.55. The molecule has 0 bridgehead atoms. The highest BCUT2D eigenvalue weighted by molar-refractivity contribution is 5.80. The first kappa shape index (κ1) is 12.8. The molecule has 2 rings (SSSR count). The summed E-state index contributed by atoms with van der Waals surface area (Å²) in [7, 11) is 0. The molecule has 0 aromatic heterocycles. The predicted octanol–water partition coefficient (Wildman–Crippen LogP) is 2.43. The van der Waals surface area contributed by atoms with E-state index in [-0.39, 0.29) is 12.1 Å². The van der Waals surface area contributed by atoms with Gasteiger partial charge in [-0.25, -0.2) is 8.78 Å². The van der Waals surface area contributed by atoms with E-state index in [1.54, 1.807) is 0 Å². The van der Waals surface area contributed by atoms with Crippen LogP contribution < -0.4 is 5.73 Å². The summed E-state index contributed by atoms with van der Waals surface area (Å²) in [5.41, 5.74) is 6.15. The van der Waals surface area contributed by atoms with Crippen molar-refractivity contribution in [2.75, 3.05) is 6.54 Å². The lowest BCUT2D eigenvalue weighted by Crippen LogP contribution is -2.42. The average molecular weight is 253 g/mol. The molecular formula is C13H17F2N3. The molecule has 1 aromatic rings. The molecule has 1 aliphatic heterocycles. The van der Waals surface area contributed by atoms with E-state index in [4.69, 9.17) is 5.73 Å². The maximum atomic E-state index is 13.8. The maximum absolute atomic E-state index is 13.8. The number of aliphatic imine (C=N–C) groups is 1. The normalized spacial score (nSPS) is 21.0. The van der Waals surface area contributed by atoms with Crippen molar-refractivity contribution >= 4 is 5.96 Å². The fourth-order valence-corrected chi connectivity index (χ4v) is 2.26. The summed E-state index contributed by atoms with van der Waals surface area (Å²) in [4.78, 5) is 6.01. The molecular weight excluding hydrogens is 236 g/mol. The fraction of sp³-hybridized carbons (Fsp3) is 0.462. The first-order chi connectivity index (χ1) is 8.54. The fourth-order valence-electron chi connectivity index (χ4n) is 2.26. The smallest absolute Gasteiger partial charge is 0.192 e. The van der Waals surface area contributed by atoms with Gasteiger partial charge in [-0.15, -0.1) is 0 Å². The SMILES string of the molecule is CCC(C)N1C(N)=NCC1c1cc(F)ccc1F.